The number of ether oxygens (including phenoxy) is 1. The number of tetrazole rings is 1. The molecule has 144 valence electrons. The third-order valence-corrected chi connectivity index (χ3v) is 4.90. The van der Waals surface area contributed by atoms with Crippen LogP contribution in [-0.2, 0) is 14.3 Å². The monoisotopic (exact) mass is 389 g/mol. The molecule has 8 nitrogen and oxygen atoms in total. The zero-order valence-electron chi connectivity index (χ0n) is 15.4. The third kappa shape index (κ3) is 5.78. The maximum Gasteiger partial charge on any atom is 0.308 e. The van der Waals surface area contributed by atoms with Gasteiger partial charge in [0, 0.05) is 0 Å². The van der Waals surface area contributed by atoms with Crippen LogP contribution >= 0.6 is 11.8 Å². The van der Waals surface area contributed by atoms with Crippen LogP contribution in [0.2, 0.25) is 0 Å². The summed E-state index contributed by atoms with van der Waals surface area (Å²) >= 11 is 1.30. The topological polar surface area (TPSA) is 99.0 Å². The van der Waals surface area contributed by atoms with Gasteiger partial charge in [0.2, 0.25) is 11.1 Å². The number of hydrogen-bond donors (Lipinski definition) is 1. The minimum Gasteiger partial charge on any atom is -0.463 e. The standard InChI is InChI=1S/C18H23N5O3S/c1-12(2)26-17(25)10-15(13-6-4-3-5-7-13)19-16(24)11-27-18-20-21-22-23(18)14-8-9-14/h3-7,12,14-15H,8-11H2,1-2H3,(H,19,24). The molecule has 2 aromatic rings. The summed E-state index contributed by atoms with van der Waals surface area (Å²) < 4.78 is 7.00. The molecule has 1 N–H and O–H groups in total. The highest BCUT2D eigenvalue weighted by Crippen LogP contribution is 2.36. The molecule has 0 bridgehead atoms. The van der Waals surface area contributed by atoms with E-state index in [0.29, 0.717) is 11.2 Å². The van der Waals surface area contributed by atoms with Crippen LogP contribution in [0.25, 0.3) is 0 Å². The van der Waals surface area contributed by atoms with Crippen LogP contribution in [0.1, 0.15) is 50.8 Å². The van der Waals surface area contributed by atoms with E-state index in [1.807, 2.05) is 30.3 Å². The number of rotatable bonds is 9. The molecule has 1 unspecified atom stereocenters. The number of nitrogens with one attached hydrogen (secondary N) is 1. The van der Waals surface area contributed by atoms with Gasteiger partial charge in [0.25, 0.3) is 0 Å². The Bertz CT molecular complexity index is 776. The van der Waals surface area contributed by atoms with Crippen molar-refractivity contribution in [3.8, 4) is 0 Å². The minimum atomic E-state index is -0.440. The average Bonchev–Trinajstić information content (AvgIpc) is 3.37. The Labute approximate surface area is 162 Å². The molecule has 1 heterocycles. The molecule has 0 radical (unpaired) electrons. The van der Waals surface area contributed by atoms with E-state index in [4.69, 9.17) is 4.74 Å². The van der Waals surface area contributed by atoms with Crippen LogP contribution in [0.5, 0.6) is 0 Å². The van der Waals surface area contributed by atoms with Crippen molar-refractivity contribution >= 4 is 23.6 Å². The summed E-state index contributed by atoms with van der Waals surface area (Å²) in [5.74, 6) is -0.351. The van der Waals surface area contributed by atoms with E-state index in [1.165, 1.54) is 11.8 Å². The lowest BCUT2D eigenvalue weighted by Gasteiger charge is -2.19. The fraction of sp³-hybridized carbons (Fsp3) is 0.500. The molecule has 1 aliphatic rings. The fourth-order valence-electron chi connectivity index (χ4n) is 2.61. The third-order valence-electron chi connectivity index (χ3n) is 3.96. The maximum absolute atomic E-state index is 12.5. The van der Waals surface area contributed by atoms with E-state index in [1.54, 1.807) is 18.5 Å². The number of hydrogen-bond acceptors (Lipinski definition) is 7. The molecule has 27 heavy (non-hydrogen) atoms. The number of aromatic nitrogens is 4. The molecule has 0 aliphatic heterocycles. The van der Waals surface area contributed by atoms with Gasteiger partial charge in [-0.2, -0.15) is 0 Å². The van der Waals surface area contributed by atoms with Gasteiger partial charge in [0.15, 0.2) is 0 Å². The van der Waals surface area contributed by atoms with Gasteiger partial charge in [-0.15, -0.1) is 5.10 Å². The number of nitrogens with zero attached hydrogens (tertiary/aromatic N) is 4. The van der Waals surface area contributed by atoms with Gasteiger partial charge in [-0.25, -0.2) is 4.68 Å². The van der Waals surface area contributed by atoms with Crippen molar-refractivity contribution in [3.63, 3.8) is 0 Å². The first kappa shape index (κ1) is 19.3. The zero-order chi connectivity index (χ0) is 19.2. The molecule has 1 atom stereocenters. The van der Waals surface area contributed by atoms with Crippen LogP contribution in [0.15, 0.2) is 35.5 Å². The molecule has 1 aromatic heterocycles. The number of carbonyl (C=O) groups excluding carboxylic acids is 2. The summed E-state index contributed by atoms with van der Waals surface area (Å²) in [5.41, 5.74) is 0.861. The van der Waals surface area contributed by atoms with Gasteiger partial charge >= 0.3 is 5.97 Å². The molecular formula is C18H23N5O3S. The molecule has 1 aromatic carbocycles. The first-order valence-electron chi connectivity index (χ1n) is 8.97. The lowest BCUT2D eigenvalue weighted by atomic mass is 10.0. The van der Waals surface area contributed by atoms with Crippen LogP contribution in [0.4, 0.5) is 0 Å². The maximum atomic E-state index is 12.5. The van der Waals surface area contributed by atoms with Crippen LogP contribution < -0.4 is 5.32 Å². The van der Waals surface area contributed by atoms with Crippen LogP contribution in [0.3, 0.4) is 0 Å². The lowest BCUT2D eigenvalue weighted by molar-refractivity contribution is -0.148. The largest absolute Gasteiger partial charge is 0.463 e. The lowest BCUT2D eigenvalue weighted by Crippen LogP contribution is -2.32. The van der Waals surface area contributed by atoms with Crippen molar-refractivity contribution in [2.24, 2.45) is 0 Å². The number of benzene rings is 1. The van der Waals surface area contributed by atoms with Gasteiger partial charge in [-0.3, -0.25) is 9.59 Å². The minimum absolute atomic E-state index is 0.0818. The van der Waals surface area contributed by atoms with E-state index < -0.39 is 6.04 Å². The van der Waals surface area contributed by atoms with E-state index in [-0.39, 0.29) is 30.2 Å². The molecular weight excluding hydrogens is 366 g/mol. The Morgan fingerprint density at radius 3 is 2.70 bits per heavy atom. The van der Waals surface area contributed by atoms with Gasteiger partial charge in [0.05, 0.1) is 30.4 Å². The second-order valence-corrected chi connectivity index (χ2v) is 7.64. The highest BCUT2D eigenvalue weighted by atomic mass is 32.2. The summed E-state index contributed by atoms with van der Waals surface area (Å²) in [4.78, 5) is 24.5. The molecule has 1 aliphatic carbocycles. The van der Waals surface area contributed by atoms with E-state index in [2.05, 4.69) is 20.8 Å². The predicted octanol–water partition coefficient (Wildman–Crippen LogP) is 2.30. The summed E-state index contributed by atoms with van der Waals surface area (Å²) in [6.07, 6.45) is 2.03. The molecule has 0 spiro atoms. The Hall–Kier alpha value is -2.42. The Morgan fingerprint density at radius 1 is 1.30 bits per heavy atom. The molecule has 1 fully saturated rings. The van der Waals surface area contributed by atoms with E-state index >= 15 is 0 Å². The van der Waals surface area contributed by atoms with Gasteiger partial charge in [-0.05, 0) is 42.7 Å². The highest BCUT2D eigenvalue weighted by molar-refractivity contribution is 7.99. The summed E-state index contributed by atoms with van der Waals surface area (Å²) in [6, 6.07) is 9.32. The Morgan fingerprint density at radius 2 is 2.04 bits per heavy atom. The summed E-state index contributed by atoms with van der Waals surface area (Å²) in [7, 11) is 0. The van der Waals surface area contributed by atoms with Gasteiger partial charge < -0.3 is 10.1 Å². The van der Waals surface area contributed by atoms with Gasteiger partial charge in [0.1, 0.15) is 0 Å². The molecule has 9 heteroatoms. The Kier molecular flexibility index (Phi) is 6.44. The first-order chi connectivity index (χ1) is 13.0. The highest BCUT2D eigenvalue weighted by Gasteiger charge is 2.28. The predicted molar refractivity (Wildman–Crippen MR) is 100.0 cm³/mol. The fourth-order valence-corrected chi connectivity index (χ4v) is 3.37. The van der Waals surface area contributed by atoms with Crippen molar-refractivity contribution in [2.75, 3.05) is 5.75 Å². The quantitative estimate of drug-likeness (QED) is 0.519. The van der Waals surface area contributed by atoms with Crippen molar-refractivity contribution in [2.45, 2.75) is 56.5 Å². The zero-order valence-corrected chi connectivity index (χ0v) is 16.2. The summed E-state index contributed by atoms with van der Waals surface area (Å²) in [6.45, 7) is 3.60. The average molecular weight is 389 g/mol. The smallest absolute Gasteiger partial charge is 0.308 e. The van der Waals surface area contributed by atoms with Crippen LogP contribution in [0, 0.1) is 0 Å². The molecule has 1 saturated carbocycles. The van der Waals surface area contributed by atoms with Crippen molar-refractivity contribution in [1.82, 2.24) is 25.5 Å². The summed E-state index contributed by atoms with van der Waals surface area (Å²) in [5, 5.41) is 15.2. The Balaban J connectivity index is 1.59. The second-order valence-electron chi connectivity index (χ2n) is 6.70. The first-order valence-corrected chi connectivity index (χ1v) is 9.96. The van der Waals surface area contributed by atoms with Crippen LogP contribution in [-0.4, -0.2) is 43.9 Å². The van der Waals surface area contributed by atoms with Crippen molar-refractivity contribution in [3.05, 3.63) is 35.9 Å². The molecule has 0 saturated heterocycles. The second kappa shape index (κ2) is 8.98. The van der Waals surface area contributed by atoms with E-state index in [0.717, 1.165) is 18.4 Å². The van der Waals surface area contributed by atoms with Gasteiger partial charge in [-0.1, -0.05) is 42.1 Å². The number of carbonyl (C=O) groups is 2. The van der Waals surface area contributed by atoms with Crippen molar-refractivity contribution in [1.29, 1.82) is 0 Å². The molecule has 1 amide bonds. The normalized spacial score (nSPS) is 14.8. The number of amides is 1. The molecule has 3 rings (SSSR count). The number of esters is 1. The van der Waals surface area contributed by atoms with Crippen molar-refractivity contribution < 1.29 is 14.3 Å². The number of thioether (sulfide) groups is 1. The SMILES string of the molecule is CC(C)OC(=O)CC(NC(=O)CSc1nnnn1C1CC1)c1ccccc1. The van der Waals surface area contributed by atoms with E-state index in [9.17, 15) is 9.59 Å².